The fourth-order valence-electron chi connectivity index (χ4n) is 7.38. The minimum absolute atomic E-state index is 0.198. The maximum atomic E-state index is 6.99. The van der Waals surface area contributed by atoms with Crippen LogP contribution < -0.4 is 14.4 Å². The highest BCUT2D eigenvalue weighted by Gasteiger charge is 2.34. The van der Waals surface area contributed by atoms with Crippen LogP contribution in [0.5, 0.6) is 23.0 Å². The van der Waals surface area contributed by atoms with Crippen LogP contribution in [0.3, 0.4) is 0 Å². The molecular weight excluding hydrogens is 687 g/mol. The van der Waals surface area contributed by atoms with Gasteiger partial charge in [-0.2, -0.15) is 0 Å². The van der Waals surface area contributed by atoms with Crippen molar-refractivity contribution < 1.29 is 13.9 Å². The molecule has 2 aromatic heterocycles. The van der Waals surface area contributed by atoms with E-state index in [9.17, 15) is 0 Å². The van der Waals surface area contributed by atoms with Crippen molar-refractivity contribution in [3.05, 3.63) is 174 Å². The minimum atomic E-state index is -0.198. The number of anilines is 3. The van der Waals surface area contributed by atoms with Crippen LogP contribution in [-0.4, -0.2) is 9.97 Å². The summed E-state index contributed by atoms with van der Waals surface area (Å²) in [5, 5.41) is 0.913. The van der Waals surface area contributed by atoms with Gasteiger partial charge in [-0.3, -0.25) is 4.90 Å². The Morgan fingerprint density at radius 1 is 0.611 bits per heavy atom. The molecule has 0 saturated heterocycles. The molecule has 1 atom stereocenters. The zero-order valence-electron chi connectivity index (χ0n) is 29.6. The molecule has 0 bridgehead atoms. The third kappa shape index (κ3) is 5.32. The lowest BCUT2D eigenvalue weighted by Gasteiger charge is -2.33. The summed E-state index contributed by atoms with van der Waals surface area (Å²) < 4.78 is 21.1. The Hall–Kier alpha value is -6.70. The monoisotopic (exact) mass is 719 g/mol. The van der Waals surface area contributed by atoms with E-state index >= 15 is 0 Å². The van der Waals surface area contributed by atoms with Crippen LogP contribution in [0.25, 0.3) is 43.3 Å². The molecule has 3 heterocycles. The smallest absolute Gasteiger partial charge is 0.227 e. The van der Waals surface area contributed by atoms with E-state index in [2.05, 4.69) is 73.3 Å². The van der Waals surface area contributed by atoms with Gasteiger partial charge in [0.2, 0.25) is 5.89 Å². The third-order valence-corrected chi connectivity index (χ3v) is 11.1. The third-order valence-electron chi connectivity index (χ3n) is 10.0. The lowest BCUT2D eigenvalue weighted by atomic mass is 9.90. The van der Waals surface area contributed by atoms with Gasteiger partial charge in [-0.05, 0) is 61.0 Å². The van der Waals surface area contributed by atoms with Gasteiger partial charge in [0.25, 0.3) is 0 Å². The van der Waals surface area contributed by atoms with E-state index < -0.39 is 0 Å². The second kappa shape index (κ2) is 13.1. The van der Waals surface area contributed by atoms with Gasteiger partial charge in [0.15, 0.2) is 17.1 Å². The average Bonchev–Trinajstić information content (AvgIpc) is 3.86. The highest BCUT2D eigenvalue weighted by Crippen LogP contribution is 2.56. The van der Waals surface area contributed by atoms with Crippen LogP contribution in [0.2, 0.25) is 0 Å². The van der Waals surface area contributed by atoms with E-state index in [-0.39, 0.29) is 5.92 Å². The Labute approximate surface area is 316 Å². The molecule has 0 saturated carbocycles. The maximum Gasteiger partial charge on any atom is 0.227 e. The SMILES string of the molecule is Cc1ccccc1Oc1ccccc1C(C)c1c2nc(-c3ccccc3)sc2c(N2c3ccccc3Oc3ccccc32)c2nc(-c3ccccc3)oc12. The van der Waals surface area contributed by atoms with Crippen molar-refractivity contribution in [2.45, 2.75) is 19.8 Å². The van der Waals surface area contributed by atoms with E-state index in [0.717, 1.165) is 88.6 Å². The average molecular weight is 720 g/mol. The largest absolute Gasteiger partial charge is 0.457 e. The summed E-state index contributed by atoms with van der Waals surface area (Å²) in [6, 6.07) is 53.1. The summed E-state index contributed by atoms with van der Waals surface area (Å²) in [6.07, 6.45) is 0. The summed E-state index contributed by atoms with van der Waals surface area (Å²) in [4.78, 5) is 13.1. The number of fused-ring (bicyclic) bond motifs is 4. The van der Waals surface area contributed by atoms with Crippen LogP contribution in [0.4, 0.5) is 17.1 Å². The number of rotatable bonds is 7. The number of oxazole rings is 1. The van der Waals surface area contributed by atoms with Crippen LogP contribution in [0.15, 0.2) is 162 Å². The molecular formula is C47H33N3O3S. The molecule has 6 nitrogen and oxygen atoms in total. The first-order valence-corrected chi connectivity index (χ1v) is 18.8. The Morgan fingerprint density at radius 2 is 1.20 bits per heavy atom. The first-order chi connectivity index (χ1) is 26.6. The zero-order chi connectivity index (χ0) is 36.2. The van der Waals surface area contributed by atoms with Gasteiger partial charge in [0, 0.05) is 28.2 Å². The number of thiazole rings is 1. The van der Waals surface area contributed by atoms with Crippen LogP contribution in [0.1, 0.15) is 29.5 Å². The van der Waals surface area contributed by atoms with Crippen molar-refractivity contribution in [1.29, 1.82) is 0 Å². The number of aromatic nitrogens is 2. The normalized spacial score (nSPS) is 12.7. The first-order valence-electron chi connectivity index (χ1n) is 18.0. The van der Waals surface area contributed by atoms with Gasteiger partial charge in [-0.15, -0.1) is 11.3 Å². The second-order valence-electron chi connectivity index (χ2n) is 13.4. The van der Waals surface area contributed by atoms with E-state index in [0.29, 0.717) is 11.5 Å². The first kappa shape index (κ1) is 32.0. The molecule has 1 aliphatic rings. The van der Waals surface area contributed by atoms with Gasteiger partial charge in [0.1, 0.15) is 22.0 Å². The fourth-order valence-corrected chi connectivity index (χ4v) is 8.50. The quantitative estimate of drug-likeness (QED) is 0.163. The molecule has 1 unspecified atom stereocenters. The van der Waals surface area contributed by atoms with Gasteiger partial charge in [0.05, 0.1) is 27.3 Å². The highest BCUT2D eigenvalue weighted by molar-refractivity contribution is 7.22. The van der Waals surface area contributed by atoms with Crippen LogP contribution in [-0.2, 0) is 0 Å². The fraction of sp³-hybridized carbons (Fsp3) is 0.0638. The van der Waals surface area contributed by atoms with Crippen molar-refractivity contribution in [3.8, 4) is 45.0 Å². The molecule has 0 N–H and O–H groups in total. The lowest BCUT2D eigenvalue weighted by Crippen LogP contribution is -2.16. The number of nitrogens with zero attached hydrogens (tertiary/aromatic N) is 3. The molecule has 9 aromatic rings. The second-order valence-corrected chi connectivity index (χ2v) is 14.4. The number of hydrogen-bond acceptors (Lipinski definition) is 7. The van der Waals surface area contributed by atoms with Crippen molar-refractivity contribution in [1.82, 2.24) is 9.97 Å². The van der Waals surface area contributed by atoms with E-state index in [1.807, 2.05) is 103 Å². The van der Waals surface area contributed by atoms with Crippen LogP contribution in [0, 0.1) is 6.92 Å². The van der Waals surface area contributed by atoms with Crippen molar-refractivity contribution in [2.24, 2.45) is 0 Å². The van der Waals surface area contributed by atoms with Crippen LogP contribution >= 0.6 is 11.3 Å². The van der Waals surface area contributed by atoms with Gasteiger partial charge < -0.3 is 13.9 Å². The molecule has 0 radical (unpaired) electrons. The number of benzene rings is 7. The minimum Gasteiger partial charge on any atom is -0.457 e. The standard InChI is InChI=1S/C47H33N3O3S/c1-29-17-9-13-25-36(29)51-37-26-14-10-22-33(37)30(2)40-41-45(54-47(49-41)32-20-7-4-8-21-32)43(42-44(40)53-46(48-42)31-18-5-3-6-19-31)50-34-23-11-15-27-38(34)52-39-28-16-12-24-35(39)50/h3-28,30H,1-2H3. The number of hydrogen-bond donors (Lipinski definition) is 0. The Morgan fingerprint density at radius 3 is 1.91 bits per heavy atom. The number of ether oxygens (including phenoxy) is 2. The molecule has 10 rings (SSSR count). The molecule has 7 aromatic carbocycles. The van der Waals surface area contributed by atoms with Crippen molar-refractivity contribution in [3.63, 3.8) is 0 Å². The Balaban J connectivity index is 1.30. The van der Waals surface area contributed by atoms with Gasteiger partial charge in [-0.1, -0.05) is 116 Å². The zero-order valence-corrected chi connectivity index (χ0v) is 30.4. The van der Waals surface area contributed by atoms with Crippen molar-refractivity contribution in [2.75, 3.05) is 4.90 Å². The highest BCUT2D eigenvalue weighted by atomic mass is 32.1. The molecule has 0 amide bonds. The predicted molar refractivity (Wildman–Crippen MR) is 218 cm³/mol. The topological polar surface area (TPSA) is 60.6 Å². The number of para-hydroxylation sites is 6. The summed E-state index contributed by atoms with van der Waals surface area (Å²) in [5.41, 5.74) is 9.98. The lowest BCUT2D eigenvalue weighted by molar-refractivity contribution is 0.470. The summed E-state index contributed by atoms with van der Waals surface area (Å²) in [7, 11) is 0. The maximum absolute atomic E-state index is 6.99. The Bertz CT molecular complexity index is 2690. The van der Waals surface area contributed by atoms with E-state index in [1.54, 1.807) is 11.3 Å². The molecule has 0 aliphatic carbocycles. The van der Waals surface area contributed by atoms with E-state index in [4.69, 9.17) is 23.9 Å². The van der Waals surface area contributed by atoms with Gasteiger partial charge in [-0.25, -0.2) is 9.97 Å². The summed E-state index contributed by atoms with van der Waals surface area (Å²) in [6.45, 7) is 4.27. The van der Waals surface area contributed by atoms with E-state index in [1.165, 1.54) is 0 Å². The molecule has 7 heteroatoms. The Kier molecular flexibility index (Phi) is 7.74. The number of aryl methyl sites for hydroxylation is 1. The summed E-state index contributed by atoms with van der Waals surface area (Å²) in [5.74, 6) is 3.46. The molecule has 0 spiro atoms. The summed E-state index contributed by atoms with van der Waals surface area (Å²) >= 11 is 1.67. The molecule has 0 fully saturated rings. The molecule has 260 valence electrons. The predicted octanol–water partition coefficient (Wildman–Crippen LogP) is 13.6. The van der Waals surface area contributed by atoms with Crippen molar-refractivity contribution >= 4 is 49.7 Å². The van der Waals surface area contributed by atoms with Gasteiger partial charge >= 0.3 is 0 Å². The molecule has 54 heavy (non-hydrogen) atoms. The molecule has 1 aliphatic heterocycles.